The summed E-state index contributed by atoms with van der Waals surface area (Å²) in [6.07, 6.45) is 0.733. The Balaban J connectivity index is 1.90. The third-order valence-corrected chi connectivity index (χ3v) is 4.15. The minimum Gasteiger partial charge on any atom is -0.333 e. The van der Waals surface area contributed by atoms with Crippen molar-refractivity contribution in [1.82, 2.24) is 4.90 Å². The van der Waals surface area contributed by atoms with E-state index in [0.717, 1.165) is 17.7 Å². The third-order valence-electron chi connectivity index (χ3n) is 4.15. The predicted octanol–water partition coefficient (Wildman–Crippen LogP) is 3.84. The zero-order chi connectivity index (χ0) is 18.2. The zero-order valence-electron chi connectivity index (χ0n) is 15.2. The largest absolute Gasteiger partial charge is 0.333 e. The maximum atomic E-state index is 12.3. The zero-order valence-corrected chi connectivity index (χ0v) is 15.2. The molecule has 4 heteroatoms. The van der Waals surface area contributed by atoms with Gasteiger partial charge in [0.1, 0.15) is 0 Å². The number of amides is 2. The molecular formula is C21H26N2O2. The SMILES string of the molecule is CC(=O)N(CCc1ccccc1)CC(=O)Nc1ccc(C(C)C)cc1. The Morgan fingerprint density at radius 2 is 1.64 bits per heavy atom. The normalized spacial score (nSPS) is 10.6. The molecule has 0 fully saturated rings. The highest BCUT2D eigenvalue weighted by molar-refractivity contribution is 5.94. The summed E-state index contributed by atoms with van der Waals surface area (Å²) < 4.78 is 0. The van der Waals surface area contributed by atoms with Crippen LogP contribution in [0, 0.1) is 0 Å². The smallest absolute Gasteiger partial charge is 0.243 e. The van der Waals surface area contributed by atoms with E-state index in [0.29, 0.717) is 12.5 Å². The monoisotopic (exact) mass is 338 g/mol. The summed E-state index contributed by atoms with van der Waals surface area (Å²) in [5, 5.41) is 2.86. The van der Waals surface area contributed by atoms with Gasteiger partial charge in [0, 0.05) is 19.2 Å². The van der Waals surface area contributed by atoms with Crippen molar-refractivity contribution in [2.24, 2.45) is 0 Å². The van der Waals surface area contributed by atoms with Gasteiger partial charge in [0.15, 0.2) is 0 Å². The van der Waals surface area contributed by atoms with Crippen molar-refractivity contribution < 1.29 is 9.59 Å². The number of rotatable bonds is 7. The molecule has 132 valence electrons. The van der Waals surface area contributed by atoms with Crippen molar-refractivity contribution in [3.8, 4) is 0 Å². The molecule has 0 heterocycles. The van der Waals surface area contributed by atoms with Crippen molar-refractivity contribution in [3.05, 3.63) is 65.7 Å². The molecule has 2 aromatic rings. The van der Waals surface area contributed by atoms with Crippen LogP contribution in [-0.4, -0.2) is 29.8 Å². The fraction of sp³-hybridized carbons (Fsp3) is 0.333. The molecule has 0 aliphatic carbocycles. The van der Waals surface area contributed by atoms with Gasteiger partial charge in [-0.1, -0.05) is 56.3 Å². The Morgan fingerprint density at radius 1 is 1.00 bits per heavy atom. The summed E-state index contributed by atoms with van der Waals surface area (Å²) in [5.41, 5.74) is 3.13. The molecule has 0 aliphatic rings. The van der Waals surface area contributed by atoms with Crippen LogP contribution in [0.15, 0.2) is 54.6 Å². The number of carbonyl (C=O) groups is 2. The number of benzene rings is 2. The molecule has 0 radical (unpaired) electrons. The van der Waals surface area contributed by atoms with E-state index in [-0.39, 0.29) is 18.4 Å². The second-order valence-electron chi connectivity index (χ2n) is 6.50. The van der Waals surface area contributed by atoms with Crippen molar-refractivity contribution in [2.45, 2.75) is 33.1 Å². The molecule has 0 atom stereocenters. The third kappa shape index (κ3) is 6.07. The van der Waals surface area contributed by atoms with Gasteiger partial charge in [-0.15, -0.1) is 0 Å². The predicted molar refractivity (Wildman–Crippen MR) is 102 cm³/mol. The quantitative estimate of drug-likeness (QED) is 0.834. The van der Waals surface area contributed by atoms with Gasteiger partial charge in [-0.25, -0.2) is 0 Å². The van der Waals surface area contributed by atoms with E-state index in [1.807, 2.05) is 54.6 Å². The second-order valence-corrected chi connectivity index (χ2v) is 6.50. The summed E-state index contributed by atoms with van der Waals surface area (Å²) in [6.45, 7) is 6.35. The van der Waals surface area contributed by atoms with Crippen LogP contribution in [0.25, 0.3) is 0 Å². The fourth-order valence-corrected chi connectivity index (χ4v) is 2.58. The van der Waals surface area contributed by atoms with Crippen LogP contribution < -0.4 is 5.32 Å². The van der Waals surface area contributed by atoms with E-state index in [1.165, 1.54) is 12.5 Å². The Kier molecular flexibility index (Phi) is 6.75. The van der Waals surface area contributed by atoms with Crippen molar-refractivity contribution in [2.75, 3.05) is 18.4 Å². The van der Waals surface area contributed by atoms with Crippen LogP contribution in [0.5, 0.6) is 0 Å². The number of hydrogen-bond acceptors (Lipinski definition) is 2. The van der Waals surface area contributed by atoms with E-state index < -0.39 is 0 Å². The minimum atomic E-state index is -0.180. The highest BCUT2D eigenvalue weighted by Crippen LogP contribution is 2.17. The molecule has 0 bridgehead atoms. The van der Waals surface area contributed by atoms with E-state index in [9.17, 15) is 9.59 Å². The summed E-state index contributed by atoms with van der Waals surface area (Å²) in [5.74, 6) is 0.178. The number of anilines is 1. The van der Waals surface area contributed by atoms with E-state index >= 15 is 0 Å². The Bertz CT molecular complexity index is 694. The van der Waals surface area contributed by atoms with Gasteiger partial charge in [-0.3, -0.25) is 9.59 Å². The maximum absolute atomic E-state index is 12.3. The number of nitrogens with zero attached hydrogens (tertiary/aromatic N) is 1. The van der Waals surface area contributed by atoms with E-state index in [1.54, 1.807) is 4.90 Å². The van der Waals surface area contributed by atoms with Crippen LogP contribution in [0.1, 0.15) is 37.8 Å². The van der Waals surface area contributed by atoms with E-state index in [4.69, 9.17) is 0 Å². The van der Waals surface area contributed by atoms with Crippen LogP contribution in [0.2, 0.25) is 0 Å². The Morgan fingerprint density at radius 3 is 2.20 bits per heavy atom. The first kappa shape index (κ1) is 18.7. The molecule has 0 spiro atoms. The average Bonchev–Trinajstić information content (AvgIpc) is 2.59. The molecule has 0 aliphatic heterocycles. The standard InChI is InChI=1S/C21H26N2O2/c1-16(2)19-9-11-20(12-10-19)22-21(25)15-23(17(3)24)14-13-18-7-5-4-6-8-18/h4-12,16H,13-15H2,1-3H3,(H,22,25). The molecule has 4 nitrogen and oxygen atoms in total. The second kappa shape index (κ2) is 9.02. The molecule has 2 amide bonds. The van der Waals surface area contributed by atoms with Crippen molar-refractivity contribution in [1.29, 1.82) is 0 Å². The average molecular weight is 338 g/mol. The molecule has 0 saturated carbocycles. The molecule has 0 aromatic heterocycles. The van der Waals surface area contributed by atoms with Gasteiger partial charge in [0.2, 0.25) is 11.8 Å². The van der Waals surface area contributed by atoms with Crippen molar-refractivity contribution in [3.63, 3.8) is 0 Å². The van der Waals surface area contributed by atoms with Crippen LogP contribution >= 0.6 is 0 Å². The lowest BCUT2D eigenvalue weighted by molar-refractivity contribution is -0.132. The summed E-state index contributed by atoms with van der Waals surface area (Å²) in [6, 6.07) is 17.8. The van der Waals surface area contributed by atoms with Gasteiger partial charge in [0.25, 0.3) is 0 Å². The van der Waals surface area contributed by atoms with Gasteiger partial charge < -0.3 is 10.2 Å². The molecule has 1 N–H and O–H groups in total. The maximum Gasteiger partial charge on any atom is 0.243 e. The van der Waals surface area contributed by atoms with Gasteiger partial charge in [0.05, 0.1) is 6.54 Å². The van der Waals surface area contributed by atoms with E-state index in [2.05, 4.69) is 19.2 Å². The lowest BCUT2D eigenvalue weighted by atomic mass is 10.0. The van der Waals surface area contributed by atoms with Crippen LogP contribution in [-0.2, 0) is 16.0 Å². The van der Waals surface area contributed by atoms with Gasteiger partial charge >= 0.3 is 0 Å². The van der Waals surface area contributed by atoms with Gasteiger partial charge in [-0.2, -0.15) is 0 Å². The van der Waals surface area contributed by atoms with Gasteiger partial charge in [-0.05, 0) is 35.6 Å². The number of carbonyl (C=O) groups excluding carboxylic acids is 2. The first-order valence-corrected chi connectivity index (χ1v) is 8.65. The lowest BCUT2D eigenvalue weighted by Gasteiger charge is -2.20. The first-order chi connectivity index (χ1) is 12.0. The molecule has 0 saturated heterocycles. The highest BCUT2D eigenvalue weighted by atomic mass is 16.2. The summed E-state index contributed by atoms with van der Waals surface area (Å²) in [4.78, 5) is 25.6. The molecular weight excluding hydrogens is 312 g/mol. The molecule has 0 unspecified atom stereocenters. The Labute approximate surface area is 149 Å². The number of nitrogens with one attached hydrogen (secondary N) is 1. The molecule has 2 rings (SSSR count). The molecule has 25 heavy (non-hydrogen) atoms. The fourth-order valence-electron chi connectivity index (χ4n) is 2.58. The molecule has 2 aromatic carbocycles. The minimum absolute atomic E-state index is 0.0636. The van der Waals surface area contributed by atoms with Crippen molar-refractivity contribution >= 4 is 17.5 Å². The Hall–Kier alpha value is -2.62. The summed E-state index contributed by atoms with van der Waals surface area (Å²) in [7, 11) is 0. The summed E-state index contributed by atoms with van der Waals surface area (Å²) >= 11 is 0. The first-order valence-electron chi connectivity index (χ1n) is 8.65. The van der Waals surface area contributed by atoms with Crippen LogP contribution in [0.4, 0.5) is 5.69 Å². The highest BCUT2D eigenvalue weighted by Gasteiger charge is 2.14. The van der Waals surface area contributed by atoms with Crippen LogP contribution in [0.3, 0.4) is 0 Å². The number of hydrogen-bond donors (Lipinski definition) is 1. The lowest BCUT2D eigenvalue weighted by Crippen LogP contribution is -2.38. The topological polar surface area (TPSA) is 49.4 Å².